The molecule has 0 saturated heterocycles. The van der Waals surface area contributed by atoms with Crippen molar-refractivity contribution in [2.45, 2.75) is 0 Å². The van der Waals surface area contributed by atoms with E-state index in [9.17, 15) is 4.79 Å². The standard InChI is InChI=1S/C8H14N4O2/c1-12-5-6(9)7(11-12)8(13)10-3-4-14-2/h5H,3-4,9H2,1-2H3,(H,10,13). The summed E-state index contributed by atoms with van der Waals surface area (Å²) in [7, 11) is 3.28. The maximum absolute atomic E-state index is 11.4. The van der Waals surface area contributed by atoms with E-state index in [2.05, 4.69) is 10.4 Å². The first-order valence-corrected chi connectivity index (χ1v) is 4.21. The van der Waals surface area contributed by atoms with Crippen LogP contribution in [0.5, 0.6) is 0 Å². The van der Waals surface area contributed by atoms with Crippen molar-refractivity contribution >= 4 is 11.6 Å². The molecule has 1 aromatic heterocycles. The molecular weight excluding hydrogens is 184 g/mol. The fourth-order valence-corrected chi connectivity index (χ4v) is 1.03. The van der Waals surface area contributed by atoms with Crippen LogP contribution >= 0.6 is 0 Å². The molecule has 1 rings (SSSR count). The lowest BCUT2D eigenvalue weighted by Gasteiger charge is -2.01. The molecule has 0 aliphatic rings. The van der Waals surface area contributed by atoms with E-state index in [0.717, 1.165) is 0 Å². The molecule has 0 aliphatic carbocycles. The van der Waals surface area contributed by atoms with Gasteiger partial charge in [0.2, 0.25) is 0 Å². The summed E-state index contributed by atoms with van der Waals surface area (Å²) in [6.07, 6.45) is 1.59. The van der Waals surface area contributed by atoms with Gasteiger partial charge in [0.15, 0.2) is 5.69 Å². The summed E-state index contributed by atoms with van der Waals surface area (Å²) in [6.45, 7) is 0.920. The molecule has 6 heteroatoms. The second kappa shape index (κ2) is 4.61. The van der Waals surface area contributed by atoms with E-state index < -0.39 is 0 Å². The number of nitrogens with one attached hydrogen (secondary N) is 1. The minimum absolute atomic E-state index is 0.253. The normalized spacial score (nSPS) is 10.1. The van der Waals surface area contributed by atoms with Crippen LogP contribution in [0.2, 0.25) is 0 Å². The number of aryl methyl sites for hydroxylation is 1. The fourth-order valence-electron chi connectivity index (χ4n) is 1.03. The number of hydrogen-bond donors (Lipinski definition) is 2. The summed E-state index contributed by atoms with van der Waals surface area (Å²) in [4.78, 5) is 11.4. The van der Waals surface area contributed by atoms with E-state index in [-0.39, 0.29) is 11.6 Å². The Bertz CT molecular complexity index is 321. The summed E-state index contributed by atoms with van der Waals surface area (Å²) in [5, 5.41) is 6.56. The van der Waals surface area contributed by atoms with Gasteiger partial charge in [-0.3, -0.25) is 9.48 Å². The van der Waals surface area contributed by atoms with Gasteiger partial charge in [-0.1, -0.05) is 0 Å². The molecule has 0 saturated carbocycles. The smallest absolute Gasteiger partial charge is 0.274 e. The molecule has 1 amide bonds. The minimum Gasteiger partial charge on any atom is -0.396 e. The number of amides is 1. The number of nitrogens with two attached hydrogens (primary N) is 1. The van der Waals surface area contributed by atoms with Crippen LogP contribution in [0.25, 0.3) is 0 Å². The van der Waals surface area contributed by atoms with Gasteiger partial charge in [-0.15, -0.1) is 0 Å². The molecular formula is C8H14N4O2. The van der Waals surface area contributed by atoms with E-state index in [1.54, 1.807) is 20.4 Å². The van der Waals surface area contributed by atoms with Crippen molar-refractivity contribution in [3.63, 3.8) is 0 Å². The summed E-state index contributed by atoms with van der Waals surface area (Å²) < 4.78 is 6.29. The van der Waals surface area contributed by atoms with Gasteiger partial charge in [0.1, 0.15) is 0 Å². The molecule has 1 aromatic rings. The SMILES string of the molecule is COCCNC(=O)c1nn(C)cc1N. The number of carbonyl (C=O) groups is 1. The first-order valence-electron chi connectivity index (χ1n) is 4.21. The Morgan fingerprint density at radius 3 is 3.00 bits per heavy atom. The molecule has 0 aliphatic heterocycles. The molecule has 0 spiro atoms. The van der Waals surface area contributed by atoms with Crippen LogP contribution in [0.3, 0.4) is 0 Å². The topological polar surface area (TPSA) is 82.2 Å². The van der Waals surface area contributed by atoms with Crippen molar-refractivity contribution in [2.24, 2.45) is 7.05 Å². The van der Waals surface area contributed by atoms with Gasteiger partial charge < -0.3 is 15.8 Å². The Morgan fingerprint density at radius 1 is 1.79 bits per heavy atom. The number of rotatable bonds is 4. The number of nitrogen functional groups attached to an aromatic ring is 1. The van der Waals surface area contributed by atoms with Gasteiger partial charge in [0.05, 0.1) is 12.3 Å². The van der Waals surface area contributed by atoms with E-state index in [1.807, 2.05) is 0 Å². The molecule has 0 bridgehead atoms. The number of hydrogen-bond acceptors (Lipinski definition) is 4. The van der Waals surface area contributed by atoms with Crippen molar-refractivity contribution in [1.29, 1.82) is 0 Å². The van der Waals surface area contributed by atoms with E-state index in [4.69, 9.17) is 10.5 Å². The Morgan fingerprint density at radius 2 is 2.50 bits per heavy atom. The molecule has 78 valence electrons. The van der Waals surface area contributed by atoms with Crippen molar-refractivity contribution in [3.8, 4) is 0 Å². The third kappa shape index (κ3) is 2.46. The van der Waals surface area contributed by atoms with Crippen LogP contribution in [-0.2, 0) is 11.8 Å². The summed E-state index contributed by atoms with van der Waals surface area (Å²) in [5.74, 6) is -0.278. The molecule has 6 nitrogen and oxygen atoms in total. The van der Waals surface area contributed by atoms with Gasteiger partial charge in [0, 0.05) is 26.9 Å². The van der Waals surface area contributed by atoms with Crippen molar-refractivity contribution in [3.05, 3.63) is 11.9 Å². The predicted molar refractivity (Wildman–Crippen MR) is 51.8 cm³/mol. The Labute approximate surface area is 82.0 Å². The van der Waals surface area contributed by atoms with E-state index >= 15 is 0 Å². The first-order chi connectivity index (χ1) is 6.65. The lowest BCUT2D eigenvalue weighted by molar-refractivity contribution is 0.0932. The lowest BCUT2D eigenvalue weighted by atomic mass is 10.3. The lowest BCUT2D eigenvalue weighted by Crippen LogP contribution is -2.28. The average Bonchev–Trinajstić information content (AvgIpc) is 2.45. The Hall–Kier alpha value is -1.56. The zero-order chi connectivity index (χ0) is 10.6. The van der Waals surface area contributed by atoms with Gasteiger partial charge in [-0.2, -0.15) is 5.10 Å². The monoisotopic (exact) mass is 198 g/mol. The van der Waals surface area contributed by atoms with E-state index in [0.29, 0.717) is 18.8 Å². The maximum Gasteiger partial charge on any atom is 0.274 e. The van der Waals surface area contributed by atoms with Crippen LogP contribution in [0.1, 0.15) is 10.5 Å². The summed E-state index contributed by atoms with van der Waals surface area (Å²) in [5.41, 5.74) is 6.20. The highest BCUT2D eigenvalue weighted by Gasteiger charge is 2.12. The molecule has 0 unspecified atom stereocenters. The van der Waals surface area contributed by atoms with Gasteiger partial charge >= 0.3 is 0 Å². The summed E-state index contributed by atoms with van der Waals surface area (Å²) in [6, 6.07) is 0. The second-order valence-electron chi connectivity index (χ2n) is 2.86. The van der Waals surface area contributed by atoms with Crippen LogP contribution < -0.4 is 11.1 Å². The molecule has 3 N–H and O–H groups in total. The zero-order valence-corrected chi connectivity index (χ0v) is 8.28. The number of anilines is 1. The molecule has 0 atom stereocenters. The number of ether oxygens (including phenoxy) is 1. The highest BCUT2D eigenvalue weighted by Crippen LogP contribution is 2.06. The van der Waals surface area contributed by atoms with E-state index in [1.165, 1.54) is 4.68 Å². The quantitative estimate of drug-likeness (QED) is 0.631. The third-order valence-corrected chi connectivity index (χ3v) is 1.66. The molecule has 0 radical (unpaired) electrons. The number of aromatic nitrogens is 2. The van der Waals surface area contributed by atoms with Crippen LogP contribution in [0, 0.1) is 0 Å². The minimum atomic E-state index is -0.278. The van der Waals surface area contributed by atoms with Crippen molar-refractivity contribution in [1.82, 2.24) is 15.1 Å². The third-order valence-electron chi connectivity index (χ3n) is 1.66. The largest absolute Gasteiger partial charge is 0.396 e. The maximum atomic E-state index is 11.4. The Kier molecular flexibility index (Phi) is 3.47. The number of nitrogens with zero attached hydrogens (tertiary/aromatic N) is 2. The fraction of sp³-hybridized carbons (Fsp3) is 0.500. The van der Waals surface area contributed by atoms with Crippen molar-refractivity contribution in [2.75, 3.05) is 26.0 Å². The first kappa shape index (κ1) is 10.5. The second-order valence-corrected chi connectivity index (χ2v) is 2.86. The molecule has 0 aromatic carbocycles. The van der Waals surface area contributed by atoms with Crippen LogP contribution in [0.15, 0.2) is 6.20 Å². The predicted octanol–water partition coefficient (Wildman–Crippen LogP) is -0.621. The highest BCUT2D eigenvalue weighted by molar-refractivity contribution is 5.96. The van der Waals surface area contributed by atoms with Crippen LogP contribution in [0.4, 0.5) is 5.69 Å². The molecule has 0 fully saturated rings. The van der Waals surface area contributed by atoms with Crippen LogP contribution in [-0.4, -0.2) is 35.9 Å². The highest BCUT2D eigenvalue weighted by atomic mass is 16.5. The number of methoxy groups -OCH3 is 1. The average molecular weight is 198 g/mol. The molecule has 1 heterocycles. The summed E-state index contributed by atoms with van der Waals surface area (Å²) >= 11 is 0. The van der Waals surface area contributed by atoms with Crippen molar-refractivity contribution < 1.29 is 9.53 Å². The van der Waals surface area contributed by atoms with Gasteiger partial charge in [0.25, 0.3) is 5.91 Å². The zero-order valence-electron chi connectivity index (χ0n) is 8.28. The molecule has 14 heavy (non-hydrogen) atoms. The van der Waals surface area contributed by atoms with Gasteiger partial charge in [-0.05, 0) is 0 Å². The van der Waals surface area contributed by atoms with Gasteiger partial charge in [-0.25, -0.2) is 0 Å². The number of carbonyl (C=O) groups excluding carboxylic acids is 1. The Balaban J connectivity index is 2.56.